The van der Waals surface area contributed by atoms with Crippen LogP contribution in [0.2, 0.25) is 0 Å². The van der Waals surface area contributed by atoms with Gasteiger partial charge in [0.05, 0.1) is 45.2 Å². The van der Waals surface area contributed by atoms with E-state index in [1.807, 2.05) is 0 Å². The monoisotopic (exact) mass is 850 g/mol. The molecule has 61 heavy (non-hydrogen) atoms. The van der Waals surface area contributed by atoms with E-state index in [1.165, 1.54) is 141 Å². The smallest absolute Gasteiger partial charge is 0.0936 e. The van der Waals surface area contributed by atoms with Gasteiger partial charge >= 0.3 is 0 Å². The molecule has 0 radical (unpaired) electrons. The van der Waals surface area contributed by atoms with E-state index in [0.717, 1.165) is 94.2 Å². The van der Waals surface area contributed by atoms with Crippen molar-refractivity contribution in [2.24, 2.45) is 46.3 Å². The zero-order valence-electron chi connectivity index (χ0n) is 41.1. The lowest BCUT2D eigenvalue weighted by Gasteiger charge is -2.58. The highest BCUT2D eigenvalue weighted by Crippen LogP contribution is 2.67. The summed E-state index contributed by atoms with van der Waals surface area (Å²) in [7, 11) is 0. The van der Waals surface area contributed by atoms with E-state index in [2.05, 4.69) is 76.8 Å². The molecule has 0 amide bonds. The number of allylic oxidation sites excluding steroid dienone is 5. The van der Waals surface area contributed by atoms with E-state index in [9.17, 15) is 0 Å². The van der Waals surface area contributed by atoms with Crippen LogP contribution >= 0.6 is 0 Å². The number of morpholine rings is 1. The molecule has 5 nitrogen and oxygen atoms in total. The van der Waals surface area contributed by atoms with Crippen LogP contribution in [0.1, 0.15) is 202 Å². The molecule has 0 aromatic carbocycles. The molecule has 3 saturated carbocycles. The minimum Gasteiger partial charge on any atom is -0.379 e. The highest BCUT2D eigenvalue weighted by Gasteiger charge is 2.59. The maximum absolute atomic E-state index is 6.63. The molecule has 1 heterocycles. The van der Waals surface area contributed by atoms with Gasteiger partial charge in [-0.1, -0.05) is 148 Å². The van der Waals surface area contributed by atoms with Gasteiger partial charge in [0, 0.05) is 26.2 Å². The van der Waals surface area contributed by atoms with Crippen molar-refractivity contribution < 1.29 is 18.9 Å². The van der Waals surface area contributed by atoms with Gasteiger partial charge in [-0.2, -0.15) is 0 Å². The minimum atomic E-state index is 0.0893. The average molecular weight is 850 g/mol. The van der Waals surface area contributed by atoms with Crippen molar-refractivity contribution in [1.82, 2.24) is 4.90 Å². The first-order chi connectivity index (χ1) is 29.7. The summed E-state index contributed by atoms with van der Waals surface area (Å²) in [4.78, 5) is 2.49. The highest BCUT2D eigenvalue weighted by molar-refractivity contribution is 5.25. The van der Waals surface area contributed by atoms with E-state index in [-0.39, 0.29) is 6.10 Å². The molecular formula is C56H99NO4. The fraction of sp³-hybridized carbons (Fsp3) is 0.893. The van der Waals surface area contributed by atoms with Gasteiger partial charge in [-0.3, -0.25) is 4.90 Å². The molecule has 4 aliphatic carbocycles. The van der Waals surface area contributed by atoms with Crippen molar-refractivity contribution >= 4 is 0 Å². The van der Waals surface area contributed by atoms with Crippen LogP contribution in [0.5, 0.6) is 0 Å². The van der Waals surface area contributed by atoms with Crippen LogP contribution in [0.15, 0.2) is 36.0 Å². The van der Waals surface area contributed by atoms with E-state index >= 15 is 0 Å². The van der Waals surface area contributed by atoms with Gasteiger partial charge in [0.1, 0.15) is 0 Å². The molecule has 0 bridgehead atoms. The topological polar surface area (TPSA) is 40.2 Å². The molecule has 1 unspecified atom stereocenters. The average Bonchev–Trinajstić information content (AvgIpc) is 3.62. The van der Waals surface area contributed by atoms with Crippen molar-refractivity contribution in [2.45, 2.75) is 214 Å². The third-order valence-corrected chi connectivity index (χ3v) is 16.9. The summed E-state index contributed by atoms with van der Waals surface area (Å²) in [6, 6.07) is 0. The Hall–Kier alpha value is -0.980. The standard InChI is InChI=1S/C56H99NO4/c1-7-8-9-10-11-12-13-14-15-16-17-18-19-20-21-22-23-24-38-59-45-50(44-57-36-39-58-40-37-57)61-42-41-60-49-32-34-55(5)48(43-49)28-29-51-53-31-30-52(47(4)27-25-26-46(2)3)56(53,6)35-33-54(51)55/h11-12,14-15,28,46-47,49-54H,7-10,13,16-27,29-45H2,1-6H3/b12-11-,15-14-/t47-,49+,50?,51+,52-,53+,54+,55+,56-/m1/s1. The van der Waals surface area contributed by atoms with Gasteiger partial charge in [0.15, 0.2) is 0 Å². The van der Waals surface area contributed by atoms with Crippen molar-refractivity contribution in [1.29, 1.82) is 0 Å². The second-order valence-electron chi connectivity index (χ2n) is 21.8. The summed E-state index contributed by atoms with van der Waals surface area (Å²) in [6.07, 6.45) is 45.8. The first kappa shape index (κ1) is 51.0. The quantitative estimate of drug-likeness (QED) is 0.0513. The molecule has 1 aliphatic heterocycles. The molecule has 5 aliphatic rings. The van der Waals surface area contributed by atoms with Gasteiger partial charge in [-0.15, -0.1) is 0 Å². The van der Waals surface area contributed by atoms with E-state index in [4.69, 9.17) is 18.9 Å². The largest absolute Gasteiger partial charge is 0.379 e. The Bertz CT molecular complexity index is 1250. The number of fused-ring (bicyclic) bond motifs is 5. The summed E-state index contributed by atoms with van der Waals surface area (Å²) in [5.74, 6) is 5.36. The molecule has 1 saturated heterocycles. The molecule has 9 atom stereocenters. The number of hydrogen-bond acceptors (Lipinski definition) is 5. The third-order valence-electron chi connectivity index (χ3n) is 16.9. The van der Waals surface area contributed by atoms with Gasteiger partial charge in [-0.05, 0) is 136 Å². The fourth-order valence-corrected chi connectivity index (χ4v) is 13.2. The Labute approximate surface area is 378 Å². The van der Waals surface area contributed by atoms with Gasteiger partial charge in [0.2, 0.25) is 0 Å². The summed E-state index contributed by atoms with van der Waals surface area (Å²) in [5.41, 5.74) is 2.68. The van der Waals surface area contributed by atoms with E-state index in [1.54, 1.807) is 5.57 Å². The predicted molar refractivity (Wildman–Crippen MR) is 259 cm³/mol. The lowest BCUT2D eigenvalue weighted by Crippen LogP contribution is -2.51. The summed E-state index contributed by atoms with van der Waals surface area (Å²) in [5, 5.41) is 0. The molecule has 0 spiro atoms. The number of nitrogens with zero attached hydrogens (tertiary/aromatic N) is 1. The van der Waals surface area contributed by atoms with Gasteiger partial charge < -0.3 is 18.9 Å². The summed E-state index contributed by atoms with van der Waals surface area (Å²) >= 11 is 0. The van der Waals surface area contributed by atoms with E-state index in [0.29, 0.717) is 36.8 Å². The van der Waals surface area contributed by atoms with Gasteiger partial charge in [-0.25, -0.2) is 0 Å². The molecular weight excluding hydrogens is 751 g/mol. The van der Waals surface area contributed by atoms with Crippen LogP contribution in [0.4, 0.5) is 0 Å². The Kier molecular flexibility index (Phi) is 23.5. The van der Waals surface area contributed by atoms with Crippen LogP contribution in [-0.2, 0) is 18.9 Å². The summed E-state index contributed by atoms with van der Waals surface area (Å²) < 4.78 is 25.0. The Morgan fingerprint density at radius 3 is 2.21 bits per heavy atom. The predicted octanol–water partition coefficient (Wildman–Crippen LogP) is 14.7. The van der Waals surface area contributed by atoms with Crippen LogP contribution in [0.25, 0.3) is 0 Å². The van der Waals surface area contributed by atoms with Crippen molar-refractivity contribution in [3.63, 3.8) is 0 Å². The number of rotatable bonds is 31. The molecule has 352 valence electrons. The SMILES string of the molecule is CCCCC/C=C\C/C=C\CCCCCCCCCCOCC(CN1CCOCC1)OCCO[C@H]1CC[C@@]2(C)C(=CC[C@H]3[C@@H]4CC[C@H]([C@H](C)CCCC(C)C)[C@@]4(C)CC[C@@H]32)C1. The molecule has 0 aromatic rings. The minimum absolute atomic E-state index is 0.0893. The van der Waals surface area contributed by atoms with Crippen molar-refractivity contribution in [3.05, 3.63) is 36.0 Å². The number of unbranched alkanes of at least 4 members (excludes halogenated alkanes) is 11. The van der Waals surface area contributed by atoms with Crippen LogP contribution in [0.3, 0.4) is 0 Å². The second-order valence-corrected chi connectivity index (χ2v) is 21.8. The first-order valence-corrected chi connectivity index (χ1v) is 26.8. The Morgan fingerprint density at radius 1 is 0.754 bits per heavy atom. The number of ether oxygens (including phenoxy) is 4. The normalized spacial score (nSPS) is 30.5. The maximum atomic E-state index is 6.63. The fourth-order valence-electron chi connectivity index (χ4n) is 13.2. The van der Waals surface area contributed by atoms with Crippen molar-refractivity contribution in [2.75, 3.05) is 59.3 Å². The zero-order chi connectivity index (χ0) is 43.2. The first-order valence-electron chi connectivity index (χ1n) is 26.8. The molecule has 5 rings (SSSR count). The Morgan fingerprint density at radius 2 is 1.48 bits per heavy atom. The third kappa shape index (κ3) is 16.4. The summed E-state index contributed by atoms with van der Waals surface area (Å²) in [6.45, 7) is 22.4. The molecule has 0 N–H and O–H groups in total. The number of hydrogen-bond donors (Lipinski definition) is 0. The van der Waals surface area contributed by atoms with Gasteiger partial charge in [0.25, 0.3) is 0 Å². The molecule has 4 fully saturated rings. The lowest BCUT2D eigenvalue weighted by atomic mass is 9.47. The zero-order valence-corrected chi connectivity index (χ0v) is 41.1. The van der Waals surface area contributed by atoms with Crippen molar-refractivity contribution in [3.8, 4) is 0 Å². The lowest BCUT2D eigenvalue weighted by molar-refractivity contribution is -0.0834. The highest BCUT2D eigenvalue weighted by atomic mass is 16.6. The molecule has 5 heteroatoms. The van der Waals surface area contributed by atoms with Crippen LogP contribution in [0, 0.1) is 46.3 Å². The second kappa shape index (κ2) is 28.1. The maximum Gasteiger partial charge on any atom is 0.0936 e. The van der Waals surface area contributed by atoms with E-state index < -0.39 is 0 Å². The van der Waals surface area contributed by atoms with Crippen LogP contribution < -0.4 is 0 Å². The molecule has 0 aromatic heterocycles. The van der Waals surface area contributed by atoms with Crippen LogP contribution in [-0.4, -0.2) is 76.4 Å². The Balaban J connectivity index is 0.937.